The van der Waals surface area contributed by atoms with E-state index in [2.05, 4.69) is 14.2 Å². The number of methoxy groups -OCH3 is 2. The zero-order valence-corrected chi connectivity index (χ0v) is 14.0. The third-order valence-corrected chi connectivity index (χ3v) is 1.75. The fourth-order valence-electron chi connectivity index (χ4n) is 0.717. The van der Waals surface area contributed by atoms with Gasteiger partial charge in [-0.05, 0) is 6.92 Å². The maximum atomic E-state index is 10.5. The molecule has 8 heteroatoms. The molecule has 0 unspecified atom stereocenters. The van der Waals surface area contributed by atoms with Gasteiger partial charge in [-0.25, -0.2) is 0 Å². The molecule has 0 saturated heterocycles. The van der Waals surface area contributed by atoms with E-state index in [4.69, 9.17) is 9.90 Å². The predicted octanol–water partition coefficient (Wildman–Crippen LogP) is 1.41. The summed E-state index contributed by atoms with van der Waals surface area (Å²) in [5.74, 6) is -1.74. The maximum absolute atomic E-state index is 10.5. The minimum atomic E-state index is -0.833. The van der Waals surface area contributed by atoms with Crippen molar-refractivity contribution >= 4 is 23.9 Å². The van der Waals surface area contributed by atoms with Crippen molar-refractivity contribution in [2.75, 3.05) is 20.8 Å². The van der Waals surface area contributed by atoms with Gasteiger partial charge in [0.05, 0.1) is 39.6 Å². The van der Waals surface area contributed by atoms with Crippen LogP contribution in [0.2, 0.25) is 0 Å². The summed E-state index contributed by atoms with van der Waals surface area (Å²) in [4.78, 5) is 40.3. The van der Waals surface area contributed by atoms with Gasteiger partial charge in [-0.3, -0.25) is 19.2 Å². The number of carboxylic acid groups (broad SMARTS) is 1. The largest absolute Gasteiger partial charge is 0.481 e. The van der Waals surface area contributed by atoms with Gasteiger partial charge in [0.1, 0.15) is 0 Å². The van der Waals surface area contributed by atoms with Crippen LogP contribution in [0.1, 0.15) is 40.5 Å². The smallest absolute Gasteiger partial charge is 0.308 e. The molecular weight excluding hydrogens is 296 g/mol. The number of carbonyl (C=O) groups excluding carboxylic acids is 3. The van der Waals surface area contributed by atoms with Crippen molar-refractivity contribution in [2.24, 2.45) is 5.92 Å². The van der Waals surface area contributed by atoms with Gasteiger partial charge >= 0.3 is 17.9 Å². The summed E-state index contributed by atoms with van der Waals surface area (Å²) in [5.41, 5.74) is 0. The van der Waals surface area contributed by atoms with Crippen molar-refractivity contribution in [3.63, 3.8) is 0 Å². The lowest BCUT2D eigenvalue weighted by atomic mass is 10.2. The molecule has 0 rings (SSSR count). The number of carbonyl (C=O) groups is 4. The van der Waals surface area contributed by atoms with Crippen LogP contribution in [0.4, 0.5) is 0 Å². The van der Waals surface area contributed by atoms with E-state index < -0.39 is 17.9 Å². The van der Waals surface area contributed by atoms with E-state index in [0.29, 0.717) is 6.61 Å². The van der Waals surface area contributed by atoms with Gasteiger partial charge in [-0.2, -0.15) is 0 Å². The molecule has 0 radical (unpaired) electrons. The van der Waals surface area contributed by atoms with Gasteiger partial charge < -0.3 is 19.3 Å². The summed E-state index contributed by atoms with van der Waals surface area (Å²) in [5, 5.41) is 7.42. The van der Waals surface area contributed by atoms with Crippen LogP contribution in [-0.4, -0.2) is 49.8 Å². The predicted molar refractivity (Wildman–Crippen MR) is 78.0 cm³/mol. The molecule has 0 spiro atoms. The molecule has 0 saturated carbocycles. The quantitative estimate of drug-likeness (QED) is 0.596. The second-order valence-electron chi connectivity index (χ2n) is 4.08. The number of esters is 3. The first-order chi connectivity index (χ1) is 10.1. The van der Waals surface area contributed by atoms with Crippen molar-refractivity contribution in [1.82, 2.24) is 0 Å². The molecule has 8 nitrogen and oxygen atoms in total. The molecule has 130 valence electrons. The number of aliphatic carboxylic acids is 1. The molecule has 1 N–H and O–H groups in total. The highest BCUT2D eigenvalue weighted by Crippen LogP contribution is 1.94. The molecular formula is C14H26O8. The van der Waals surface area contributed by atoms with E-state index in [9.17, 15) is 14.4 Å². The van der Waals surface area contributed by atoms with Crippen molar-refractivity contribution in [1.29, 1.82) is 0 Å². The number of ether oxygens (including phenoxy) is 3. The van der Waals surface area contributed by atoms with Crippen LogP contribution < -0.4 is 0 Å². The first-order valence-corrected chi connectivity index (χ1v) is 6.62. The second kappa shape index (κ2) is 16.9. The molecule has 0 aromatic heterocycles. The average Bonchev–Trinajstić information content (AvgIpc) is 2.44. The van der Waals surface area contributed by atoms with Gasteiger partial charge in [0.15, 0.2) is 0 Å². The Morgan fingerprint density at radius 3 is 1.41 bits per heavy atom. The Morgan fingerprint density at radius 1 is 0.955 bits per heavy atom. The third kappa shape index (κ3) is 26.4. The zero-order valence-electron chi connectivity index (χ0n) is 14.0. The maximum Gasteiger partial charge on any atom is 0.308 e. The minimum absolute atomic E-state index is 0.00921. The van der Waals surface area contributed by atoms with E-state index >= 15 is 0 Å². The number of hydrogen-bond acceptors (Lipinski definition) is 7. The molecule has 0 aliphatic rings. The van der Waals surface area contributed by atoms with E-state index in [-0.39, 0.29) is 24.7 Å². The van der Waals surface area contributed by atoms with E-state index in [1.165, 1.54) is 14.2 Å². The number of hydrogen-bond donors (Lipinski definition) is 1. The molecule has 0 aromatic rings. The first kappa shape index (κ1) is 24.9. The molecule has 0 aliphatic heterocycles. The van der Waals surface area contributed by atoms with E-state index in [1.807, 2.05) is 13.8 Å². The Balaban J connectivity index is -0.000000269. The Labute approximate surface area is 130 Å². The van der Waals surface area contributed by atoms with Crippen molar-refractivity contribution in [2.45, 2.75) is 40.5 Å². The second-order valence-corrected chi connectivity index (χ2v) is 4.08. The summed E-state index contributed by atoms with van der Waals surface area (Å²) in [6.45, 7) is 7.01. The summed E-state index contributed by atoms with van der Waals surface area (Å²) < 4.78 is 13.3. The van der Waals surface area contributed by atoms with Gasteiger partial charge in [0.2, 0.25) is 0 Å². The Kier molecular flexibility index (Phi) is 19.1. The Hall–Kier alpha value is -2.12. The van der Waals surface area contributed by atoms with Crippen LogP contribution in [0.3, 0.4) is 0 Å². The summed E-state index contributed by atoms with van der Waals surface area (Å²) >= 11 is 0. The standard InChI is InChI=1S/C6H10O4.C6H12O2.C2H4O2/c1-9-5(7)3-4-6(8)10-2;1-4-8-6(7)5(2)3;1-2(3)4/h3-4H2,1-2H3;5H,4H2,1-3H3;1H3,(H,3,4). The highest BCUT2D eigenvalue weighted by molar-refractivity contribution is 5.77. The van der Waals surface area contributed by atoms with Crippen LogP contribution >= 0.6 is 0 Å². The Morgan fingerprint density at radius 2 is 1.27 bits per heavy atom. The number of carboxylic acids is 1. The molecule has 0 fully saturated rings. The van der Waals surface area contributed by atoms with Crippen molar-refractivity contribution < 1.29 is 38.5 Å². The normalized spacial score (nSPS) is 8.50. The lowest BCUT2D eigenvalue weighted by molar-refractivity contribution is -0.147. The van der Waals surface area contributed by atoms with Crippen molar-refractivity contribution in [3.05, 3.63) is 0 Å². The van der Waals surface area contributed by atoms with Crippen LogP contribution in [0.15, 0.2) is 0 Å². The molecule has 0 atom stereocenters. The fraction of sp³-hybridized carbons (Fsp3) is 0.714. The van der Waals surface area contributed by atoms with Crippen LogP contribution in [0.25, 0.3) is 0 Å². The molecule has 0 heterocycles. The van der Waals surface area contributed by atoms with Crippen molar-refractivity contribution in [3.8, 4) is 0 Å². The highest BCUT2D eigenvalue weighted by atomic mass is 16.5. The Bertz CT molecular complexity index is 316. The molecule has 0 bridgehead atoms. The first-order valence-electron chi connectivity index (χ1n) is 6.62. The molecule has 22 heavy (non-hydrogen) atoms. The van der Waals surface area contributed by atoms with Gasteiger partial charge in [0, 0.05) is 6.92 Å². The topological polar surface area (TPSA) is 116 Å². The highest BCUT2D eigenvalue weighted by Gasteiger charge is 2.05. The molecule has 0 aliphatic carbocycles. The summed E-state index contributed by atoms with van der Waals surface area (Å²) in [7, 11) is 2.55. The lowest BCUT2D eigenvalue weighted by Crippen LogP contribution is -2.10. The van der Waals surface area contributed by atoms with Crippen LogP contribution in [-0.2, 0) is 33.4 Å². The van der Waals surface area contributed by atoms with Gasteiger partial charge in [-0.1, -0.05) is 13.8 Å². The monoisotopic (exact) mass is 322 g/mol. The lowest BCUT2D eigenvalue weighted by Gasteiger charge is -2.01. The van der Waals surface area contributed by atoms with Gasteiger partial charge in [0.25, 0.3) is 5.97 Å². The molecule has 0 aromatic carbocycles. The zero-order chi connectivity index (χ0) is 18.1. The van der Waals surface area contributed by atoms with Crippen LogP contribution in [0.5, 0.6) is 0 Å². The van der Waals surface area contributed by atoms with Crippen LogP contribution in [0, 0.1) is 5.92 Å². The summed E-state index contributed by atoms with van der Waals surface area (Å²) in [6.07, 6.45) is 0.173. The van der Waals surface area contributed by atoms with E-state index in [1.54, 1.807) is 6.92 Å². The fourth-order valence-corrected chi connectivity index (χ4v) is 0.717. The average molecular weight is 322 g/mol. The molecule has 0 amide bonds. The SMILES string of the molecule is CC(=O)O.CCOC(=O)C(C)C.COC(=O)CCC(=O)OC. The number of rotatable bonds is 5. The summed E-state index contributed by atoms with van der Waals surface area (Å²) in [6, 6.07) is 0. The third-order valence-electron chi connectivity index (χ3n) is 1.75. The van der Waals surface area contributed by atoms with Gasteiger partial charge in [-0.15, -0.1) is 0 Å². The minimum Gasteiger partial charge on any atom is -0.481 e. The van der Waals surface area contributed by atoms with E-state index in [0.717, 1.165) is 6.92 Å².